The number of hydrogen-bond acceptors (Lipinski definition) is 8. The van der Waals surface area contributed by atoms with Crippen LogP contribution in [0.25, 0.3) is 17.4 Å². The fraction of sp³-hybridized carbons (Fsp3) is 0.0690. The molecule has 1 aliphatic rings. The minimum atomic E-state index is -0.640. The number of anilines is 1. The molecule has 0 aliphatic carbocycles. The Labute approximate surface area is 234 Å². The van der Waals surface area contributed by atoms with Crippen LogP contribution in [0.1, 0.15) is 23.6 Å². The van der Waals surface area contributed by atoms with Crippen LogP contribution in [0.4, 0.5) is 11.4 Å². The summed E-state index contributed by atoms with van der Waals surface area (Å²) in [7, 11) is 0. The van der Waals surface area contributed by atoms with Crippen LogP contribution in [-0.2, 0) is 4.79 Å². The third-order valence-corrected chi connectivity index (χ3v) is 8.26. The largest absolute Gasteiger partial charge is 0.457 e. The molecule has 0 radical (unpaired) electrons. The average molecular weight is 569 g/mol. The molecule has 2 aromatic carbocycles. The number of nitrogens with zero attached hydrogens (tertiary/aromatic N) is 3. The number of benzene rings is 2. The lowest BCUT2D eigenvalue weighted by molar-refractivity contribution is -0.384. The van der Waals surface area contributed by atoms with Crippen LogP contribution in [0.5, 0.6) is 0 Å². The van der Waals surface area contributed by atoms with Crippen molar-refractivity contribution >= 4 is 46.0 Å². The number of thiophene rings is 1. The van der Waals surface area contributed by atoms with Gasteiger partial charge in [0.25, 0.3) is 17.2 Å². The third kappa shape index (κ3) is 4.72. The van der Waals surface area contributed by atoms with Crippen molar-refractivity contribution < 1.29 is 14.1 Å². The molecule has 198 valence electrons. The summed E-state index contributed by atoms with van der Waals surface area (Å²) in [5, 5.41) is 16.0. The van der Waals surface area contributed by atoms with Crippen molar-refractivity contribution in [3.05, 3.63) is 136 Å². The van der Waals surface area contributed by atoms with E-state index in [1.807, 2.05) is 35.7 Å². The van der Waals surface area contributed by atoms with E-state index in [0.717, 1.165) is 4.88 Å². The van der Waals surface area contributed by atoms with Crippen molar-refractivity contribution in [1.82, 2.24) is 4.57 Å². The summed E-state index contributed by atoms with van der Waals surface area (Å²) in [6.07, 6.45) is 1.62. The number of furan rings is 1. The van der Waals surface area contributed by atoms with Gasteiger partial charge >= 0.3 is 0 Å². The average Bonchev–Trinajstić information content (AvgIpc) is 3.71. The monoisotopic (exact) mass is 568 g/mol. The summed E-state index contributed by atoms with van der Waals surface area (Å²) < 4.78 is 7.86. The Hall–Kier alpha value is -4.87. The molecule has 5 aromatic rings. The molecule has 1 atom stereocenters. The van der Waals surface area contributed by atoms with E-state index in [-0.39, 0.29) is 17.2 Å². The predicted octanol–water partition coefficient (Wildman–Crippen LogP) is 5.10. The Morgan fingerprint density at radius 2 is 1.93 bits per heavy atom. The van der Waals surface area contributed by atoms with Crippen LogP contribution >= 0.6 is 22.7 Å². The highest BCUT2D eigenvalue weighted by Crippen LogP contribution is 2.33. The summed E-state index contributed by atoms with van der Waals surface area (Å²) in [6, 6.07) is 21.8. The highest BCUT2D eigenvalue weighted by Gasteiger charge is 2.33. The van der Waals surface area contributed by atoms with Crippen molar-refractivity contribution in [2.24, 2.45) is 4.99 Å². The summed E-state index contributed by atoms with van der Waals surface area (Å²) in [5.74, 6) is 0.528. The number of nitro benzene ring substituents is 1. The van der Waals surface area contributed by atoms with E-state index in [9.17, 15) is 19.7 Å². The van der Waals surface area contributed by atoms with E-state index in [1.165, 1.54) is 34.8 Å². The molecule has 1 N–H and O–H groups in total. The van der Waals surface area contributed by atoms with E-state index in [0.29, 0.717) is 43.4 Å². The number of carbonyl (C=O) groups excluding carboxylic acids is 1. The maximum Gasteiger partial charge on any atom is 0.271 e. The molecular weight excluding hydrogens is 548 g/mol. The molecule has 0 saturated carbocycles. The van der Waals surface area contributed by atoms with Gasteiger partial charge in [-0.05, 0) is 42.6 Å². The molecule has 0 saturated heterocycles. The number of nitrogens with one attached hydrogen (secondary N) is 1. The van der Waals surface area contributed by atoms with E-state index >= 15 is 0 Å². The maximum atomic E-state index is 13.8. The summed E-state index contributed by atoms with van der Waals surface area (Å²) in [6.45, 7) is 1.77. The van der Waals surface area contributed by atoms with Crippen molar-refractivity contribution in [2.75, 3.05) is 5.32 Å². The number of nitro groups is 1. The first kappa shape index (κ1) is 25.4. The molecule has 1 aliphatic heterocycles. The van der Waals surface area contributed by atoms with Gasteiger partial charge < -0.3 is 9.73 Å². The number of thiazole rings is 1. The van der Waals surface area contributed by atoms with Gasteiger partial charge in [-0.2, -0.15) is 0 Å². The van der Waals surface area contributed by atoms with Crippen molar-refractivity contribution in [2.45, 2.75) is 13.0 Å². The lowest BCUT2D eigenvalue weighted by atomic mass is 10.0. The number of amides is 1. The van der Waals surface area contributed by atoms with E-state index in [2.05, 4.69) is 10.3 Å². The highest BCUT2D eigenvalue weighted by molar-refractivity contribution is 7.10. The van der Waals surface area contributed by atoms with E-state index in [1.54, 1.807) is 54.0 Å². The fourth-order valence-corrected chi connectivity index (χ4v) is 6.39. The van der Waals surface area contributed by atoms with Crippen LogP contribution < -0.4 is 20.2 Å². The van der Waals surface area contributed by atoms with Gasteiger partial charge in [0.05, 0.1) is 20.7 Å². The molecular formula is C29H20N4O5S2. The molecule has 1 amide bonds. The fourth-order valence-electron chi connectivity index (χ4n) is 4.54. The Morgan fingerprint density at radius 3 is 2.67 bits per heavy atom. The number of aromatic nitrogens is 1. The Balaban J connectivity index is 1.41. The van der Waals surface area contributed by atoms with Gasteiger partial charge in [0.1, 0.15) is 17.6 Å². The standard InChI is InChI=1S/C29H20N4O5S2/c1-17-25(27(34)31-19-8-3-2-4-9-19)26(23-11-6-14-39-23)32-28(35)24(40-29(32)30-17)16-21-12-13-22(38-21)18-7-5-10-20(15-18)33(36)37/h2-16,26H,1H3,(H,31,34)/b24-16-. The Bertz CT molecular complexity index is 1970. The Morgan fingerprint density at radius 1 is 1.10 bits per heavy atom. The third-order valence-electron chi connectivity index (χ3n) is 6.35. The predicted molar refractivity (Wildman–Crippen MR) is 154 cm³/mol. The molecule has 3 aromatic heterocycles. The van der Waals surface area contributed by atoms with Gasteiger partial charge in [0.15, 0.2) is 4.80 Å². The zero-order chi connectivity index (χ0) is 27.8. The number of non-ortho nitro benzene ring substituents is 1. The van der Waals surface area contributed by atoms with Crippen LogP contribution in [0.3, 0.4) is 0 Å². The number of allylic oxidation sites excluding steroid dienone is 1. The van der Waals surface area contributed by atoms with Crippen molar-refractivity contribution in [1.29, 1.82) is 0 Å². The zero-order valence-electron chi connectivity index (χ0n) is 20.9. The second kappa shape index (κ2) is 10.4. The molecule has 11 heteroatoms. The van der Waals surface area contributed by atoms with Gasteiger partial charge in [-0.15, -0.1) is 11.3 Å². The summed E-state index contributed by atoms with van der Waals surface area (Å²) in [5.41, 5.74) is 1.79. The molecule has 1 unspecified atom stereocenters. The van der Waals surface area contributed by atoms with E-state index in [4.69, 9.17) is 4.42 Å². The molecule has 0 spiro atoms. The first-order valence-corrected chi connectivity index (χ1v) is 13.9. The van der Waals surface area contributed by atoms with Gasteiger partial charge in [-0.3, -0.25) is 24.3 Å². The lowest BCUT2D eigenvalue weighted by Crippen LogP contribution is -2.40. The Kier molecular flexibility index (Phi) is 6.58. The number of fused-ring (bicyclic) bond motifs is 1. The smallest absolute Gasteiger partial charge is 0.271 e. The minimum absolute atomic E-state index is 0.0418. The number of rotatable bonds is 6. The molecule has 4 heterocycles. The summed E-state index contributed by atoms with van der Waals surface area (Å²) >= 11 is 2.67. The van der Waals surface area contributed by atoms with Crippen LogP contribution in [0, 0.1) is 10.1 Å². The van der Waals surface area contributed by atoms with Crippen molar-refractivity contribution in [3.63, 3.8) is 0 Å². The number of hydrogen-bond donors (Lipinski definition) is 1. The van der Waals surface area contributed by atoms with Gasteiger partial charge in [-0.1, -0.05) is 47.7 Å². The molecule has 40 heavy (non-hydrogen) atoms. The molecule has 0 bridgehead atoms. The highest BCUT2D eigenvalue weighted by atomic mass is 32.1. The first-order chi connectivity index (χ1) is 19.4. The van der Waals surface area contributed by atoms with Crippen LogP contribution in [0.2, 0.25) is 0 Å². The molecule has 0 fully saturated rings. The summed E-state index contributed by atoms with van der Waals surface area (Å²) in [4.78, 5) is 43.9. The SMILES string of the molecule is CC1=C(C(=O)Nc2ccccc2)C(c2cccs2)n2c(s/c(=C\c3ccc(-c4cccc([N+](=O)[O-])c4)o3)c2=O)=N1. The lowest BCUT2D eigenvalue weighted by Gasteiger charge is -2.24. The molecule has 6 rings (SSSR count). The number of carbonyl (C=O) groups is 1. The van der Waals surface area contributed by atoms with Crippen molar-refractivity contribution in [3.8, 4) is 11.3 Å². The maximum absolute atomic E-state index is 13.8. The first-order valence-electron chi connectivity index (χ1n) is 12.2. The quantitative estimate of drug-likeness (QED) is 0.226. The second-order valence-corrected chi connectivity index (χ2v) is 10.9. The van der Waals surface area contributed by atoms with Gasteiger partial charge in [0, 0.05) is 34.3 Å². The van der Waals surface area contributed by atoms with Gasteiger partial charge in [-0.25, -0.2) is 4.99 Å². The normalized spacial score (nSPS) is 15.0. The van der Waals surface area contributed by atoms with Crippen LogP contribution in [-0.4, -0.2) is 15.4 Å². The minimum Gasteiger partial charge on any atom is -0.457 e. The molecule has 9 nitrogen and oxygen atoms in total. The number of para-hydroxylation sites is 1. The second-order valence-electron chi connectivity index (χ2n) is 8.93. The van der Waals surface area contributed by atoms with E-state index < -0.39 is 11.0 Å². The van der Waals surface area contributed by atoms with Gasteiger partial charge in [0.2, 0.25) is 0 Å². The zero-order valence-corrected chi connectivity index (χ0v) is 22.6. The topological polar surface area (TPSA) is 120 Å². The van der Waals surface area contributed by atoms with Crippen LogP contribution in [0.15, 0.2) is 110 Å².